The number of hydrogen-bond acceptors (Lipinski definition) is 3. The summed E-state index contributed by atoms with van der Waals surface area (Å²) in [5.74, 6) is 1.48. The van der Waals surface area contributed by atoms with Gasteiger partial charge in [-0.2, -0.15) is 5.26 Å². The third-order valence-electron chi connectivity index (χ3n) is 3.13. The molecule has 2 aromatic rings. The molecule has 0 saturated carbocycles. The molecule has 0 aliphatic rings. The number of methoxy groups -OCH3 is 2. The van der Waals surface area contributed by atoms with E-state index in [-0.39, 0.29) is 0 Å². The average molecular weight is 256 g/mol. The molecule has 1 heterocycles. The van der Waals surface area contributed by atoms with E-state index in [1.165, 1.54) is 0 Å². The molecule has 0 amide bonds. The fraction of sp³-hybridized carbons (Fsp3) is 0.267. The van der Waals surface area contributed by atoms with Gasteiger partial charge < -0.3 is 14.5 Å². The molecule has 4 heteroatoms. The molecule has 0 aliphatic carbocycles. The highest BCUT2D eigenvalue weighted by Crippen LogP contribution is 2.36. The molecular formula is C15H16N2O2. The van der Waals surface area contributed by atoms with Crippen LogP contribution in [0.25, 0.3) is 11.3 Å². The van der Waals surface area contributed by atoms with Crippen LogP contribution in [0.3, 0.4) is 0 Å². The van der Waals surface area contributed by atoms with Crippen molar-refractivity contribution in [1.82, 2.24) is 4.98 Å². The van der Waals surface area contributed by atoms with Gasteiger partial charge in [-0.1, -0.05) is 0 Å². The first-order chi connectivity index (χ1) is 9.10. The quantitative estimate of drug-likeness (QED) is 0.917. The highest BCUT2D eigenvalue weighted by Gasteiger charge is 2.15. The van der Waals surface area contributed by atoms with E-state index < -0.39 is 0 Å². The lowest BCUT2D eigenvalue weighted by molar-refractivity contribution is 0.395. The number of hydrogen-bond donors (Lipinski definition) is 1. The number of nitrogens with one attached hydrogen (secondary N) is 1. The Balaban J connectivity index is 2.64. The zero-order chi connectivity index (χ0) is 14.0. The van der Waals surface area contributed by atoms with Crippen LogP contribution in [0, 0.1) is 25.2 Å². The van der Waals surface area contributed by atoms with Gasteiger partial charge in [0.25, 0.3) is 0 Å². The van der Waals surface area contributed by atoms with Crippen LogP contribution < -0.4 is 9.47 Å². The summed E-state index contributed by atoms with van der Waals surface area (Å²) in [7, 11) is 3.25. The van der Waals surface area contributed by atoms with Crippen LogP contribution in [0.4, 0.5) is 0 Å². The molecule has 0 unspecified atom stereocenters. The largest absolute Gasteiger partial charge is 0.497 e. The lowest BCUT2D eigenvalue weighted by Crippen LogP contribution is -1.94. The van der Waals surface area contributed by atoms with Crippen LogP contribution in [0.1, 0.15) is 16.8 Å². The highest BCUT2D eigenvalue weighted by molar-refractivity contribution is 5.74. The Morgan fingerprint density at radius 1 is 1.11 bits per heavy atom. The van der Waals surface area contributed by atoms with Crippen molar-refractivity contribution in [3.63, 3.8) is 0 Å². The second kappa shape index (κ2) is 5.07. The zero-order valence-corrected chi connectivity index (χ0v) is 11.5. The SMILES string of the molecule is COc1cc(C)c(-c2cc(C#N)c(C)[nH]2)c(OC)c1. The monoisotopic (exact) mass is 256 g/mol. The summed E-state index contributed by atoms with van der Waals surface area (Å²) >= 11 is 0. The van der Waals surface area contributed by atoms with Crippen molar-refractivity contribution in [2.75, 3.05) is 14.2 Å². The zero-order valence-electron chi connectivity index (χ0n) is 11.5. The van der Waals surface area contributed by atoms with Gasteiger partial charge in [0.15, 0.2) is 0 Å². The van der Waals surface area contributed by atoms with Gasteiger partial charge in [-0.3, -0.25) is 0 Å². The van der Waals surface area contributed by atoms with Gasteiger partial charge in [-0.05, 0) is 31.5 Å². The Morgan fingerprint density at radius 3 is 2.37 bits per heavy atom. The Labute approximate surface area is 112 Å². The van der Waals surface area contributed by atoms with Crippen molar-refractivity contribution in [2.45, 2.75) is 13.8 Å². The predicted molar refractivity (Wildman–Crippen MR) is 73.5 cm³/mol. The van der Waals surface area contributed by atoms with Crippen LogP contribution in [0.2, 0.25) is 0 Å². The molecule has 0 atom stereocenters. The highest BCUT2D eigenvalue weighted by atomic mass is 16.5. The standard InChI is InChI=1S/C15H16N2O2/c1-9-5-12(18-3)7-14(19-4)15(9)13-6-11(8-16)10(2)17-13/h5-7,17H,1-4H3. The van der Waals surface area contributed by atoms with Gasteiger partial charge in [0.1, 0.15) is 17.6 Å². The molecule has 0 aliphatic heterocycles. The molecule has 1 aromatic carbocycles. The summed E-state index contributed by atoms with van der Waals surface area (Å²) in [5, 5.41) is 9.04. The van der Waals surface area contributed by atoms with Crippen LogP contribution in [0.15, 0.2) is 18.2 Å². The first-order valence-electron chi connectivity index (χ1n) is 5.93. The number of aromatic nitrogens is 1. The summed E-state index contributed by atoms with van der Waals surface area (Å²) in [6.07, 6.45) is 0. The first kappa shape index (κ1) is 13.0. The maximum Gasteiger partial charge on any atom is 0.132 e. The normalized spacial score (nSPS) is 10.1. The first-order valence-corrected chi connectivity index (χ1v) is 5.93. The second-order valence-electron chi connectivity index (χ2n) is 4.36. The van der Waals surface area contributed by atoms with Crippen LogP contribution >= 0.6 is 0 Å². The summed E-state index contributed by atoms with van der Waals surface area (Å²) < 4.78 is 10.7. The van der Waals surface area contributed by atoms with Gasteiger partial charge in [-0.15, -0.1) is 0 Å². The van der Waals surface area contributed by atoms with Crippen molar-refractivity contribution in [3.8, 4) is 28.8 Å². The van der Waals surface area contributed by atoms with Crippen molar-refractivity contribution in [3.05, 3.63) is 35.0 Å². The molecular weight excluding hydrogens is 240 g/mol. The number of aromatic amines is 1. The Morgan fingerprint density at radius 2 is 1.84 bits per heavy atom. The Kier molecular flexibility index (Phi) is 3.48. The van der Waals surface area contributed by atoms with Gasteiger partial charge in [0.2, 0.25) is 0 Å². The molecule has 0 radical (unpaired) electrons. The maximum absolute atomic E-state index is 9.04. The lowest BCUT2D eigenvalue weighted by atomic mass is 10.0. The van der Waals surface area contributed by atoms with Gasteiger partial charge in [0.05, 0.1) is 25.5 Å². The molecule has 4 nitrogen and oxygen atoms in total. The second-order valence-corrected chi connectivity index (χ2v) is 4.36. The fourth-order valence-corrected chi connectivity index (χ4v) is 2.16. The van der Waals surface area contributed by atoms with Gasteiger partial charge >= 0.3 is 0 Å². The molecule has 98 valence electrons. The fourth-order valence-electron chi connectivity index (χ4n) is 2.16. The number of ether oxygens (including phenoxy) is 2. The number of benzene rings is 1. The van der Waals surface area contributed by atoms with Gasteiger partial charge in [0, 0.05) is 17.3 Å². The summed E-state index contributed by atoms with van der Waals surface area (Å²) in [6.45, 7) is 3.87. The lowest BCUT2D eigenvalue weighted by Gasteiger charge is -2.12. The average Bonchev–Trinajstić information content (AvgIpc) is 2.78. The summed E-state index contributed by atoms with van der Waals surface area (Å²) in [4.78, 5) is 3.22. The van der Waals surface area contributed by atoms with E-state index in [2.05, 4.69) is 11.1 Å². The number of H-pyrrole nitrogens is 1. The maximum atomic E-state index is 9.04. The number of rotatable bonds is 3. The van der Waals surface area contributed by atoms with Crippen LogP contribution in [-0.4, -0.2) is 19.2 Å². The Bertz CT molecular complexity index is 651. The number of aryl methyl sites for hydroxylation is 2. The van der Waals surface area contributed by atoms with Crippen molar-refractivity contribution in [2.24, 2.45) is 0 Å². The number of nitriles is 1. The minimum atomic E-state index is 0.646. The third kappa shape index (κ3) is 2.27. The molecule has 19 heavy (non-hydrogen) atoms. The van der Waals surface area contributed by atoms with E-state index in [1.54, 1.807) is 14.2 Å². The summed E-state index contributed by atoms with van der Waals surface area (Å²) in [6, 6.07) is 7.79. The van der Waals surface area contributed by atoms with E-state index in [1.807, 2.05) is 32.0 Å². The van der Waals surface area contributed by atoms with E-state index >= 15 is 0 Å². The molecule has 0 saturated heterocycles. The predicted octanol–water partition coefficient (Wildman–Crippen LogP) is 3.19. The van der Waals surface area contributed by atoms with Crippen LogP contribution in [0.5, 0.6) is 11.5 Å². The van der Waals surface area contributed by atoms with E-state index in [9.17, 15) is 0 Å². The minimum Gasteiger partial charge on any atom is -0.497 e. The molecule has 1 N–H and O–H groups in total. The van der Waals surface area contributed by atoms with Crippen LogP contribution in [-0.2, 0) is 0 Å². The van der Waals surface area contributed by atoms with E-state index in [0.717, 1.165) is 34.0 Å². The van der Waals surface area contributed by atoms with Crippen molar-refractivity contribution < 1.29 is 9.47 Å². The van der Waals surface area contributed by atoms with Crippen molar-refractivity contribution >= 4 is 0 Å². The topological polar surface area (TPSA) is 58.0 Å². The van der Waals surface area contributed by atoms with E-state index in [0.29, 0.717) is 5.56 Å². The van der Waals surface area contributed by atoms with Gasteiger partial charge in [-0.25, -0.2) is 0 Å². The van der Waals surface area contributed by atoms with Crippen molar-refractivity contribution in [1.29, 1.82) is 5.26 Å². The molecule has 0 bridgehead atoms. The smallest absolute Gasteiger partial charge is 0.132 e. The third-order valence-corrected chi connectivity index (χ3v) is 3.13. The minimum absolute atomic E-state index is 0.646. The molecule has 0 fully saturated rings. The molecule has 1 aromatic heterocycles. The van der Waals surface area contributed by atoms with E-state index in [4.69, 9.17) is 14.7 Å². The molecule has 0 spiro atoms. The molecule has 2 rings (SSSR count). The summed E-state index contributed by atoms with van der Waals surface area (Å²) in [5.41, 5.74) is 4.36. The Hall–Kier alpha value is -2.41. The number of nitrogens with zero attached hydrogens (tertiary/aromatic N) is 1.